The van der Waals surface area contributed by atoms with Gasteiger partial charge in [-0.15, -0.1) is 0 Å². The highest BCUT2D eigenvalue weighted by Crippen LogP contribution is 2.62. The highest BCUT2D eigenvalue weighted by molar-refractivity contribution is 6.15. The molecule has 1 N–H and O–H groups in total. The van der Waals surface area contributed by atoms with E-state index in [1.165, 1.54) is 21.3 Å². The van der Waals surface area contributed by atoms with Crippen LogP contribution in [0.5, 0.6) is 17.2 Å². The summed E-state index contributed by atoms with van der Waals surface area (Å²) in [5.41, 5.74) is 1.23. The van der Waals surface area contributed by atoms with Gasteiger partial charge in [-0.05, 0) is 41.0 Å². The topological polar surface area (TPSA) is 94.2 Å². The lowest BCUT2D eigenvalue weighted by Gasteiger charge is -2.38. The first-order valence-electron chi connectivity index (χ1n) is 13.9. The Morgan fingerprint density at radius 1 is 0.905 bits per heavy atom. The van der Waals surface area contributed by atoms with Crippen molar-refractivity contribution in [1.29, 1.82) is 0 Å². The monoisotopic (exact) mass is 566 g/mol. The minimum atomic E-state index is -1.40. The summed E-state index contributed by atoms with van der Waals surface area (Å²) in [6.07, 6.45) is 3.83. The second kappa shape index (κ2) is 9.76. The van der Waals surface area contributed by atoms with E-state index in [4.69, 9.17) is 14.2 Å². The number of anilines is 1. The van der Waals surface area contributed by atoms with Crippen LogP contribution in [0, 0.1) is 11.3 Å². The minimum absolute atomic E-state index is 0.128. The zero-order valence-electron chi connectivity index (χ0n) is 24.6. The Labute approximate surface area is 245 Å². The molecule has 0 aromatic heterocycles. The van der Waals surface area contributed by atoms with Gasteiger partial charge in [0.15, 0.2) is 23.1 Å². The summed E-state index contributed by atoms with van der Waals surface area (Å²) in [5.74, 6) is -0.899. The van der Waals surface area contributed by atoms with E-state index in [-0.39, 0.29) is 23.0 Å². The van der Waals surface area contributed by atoms with Crippen LogP contribution in [0.15, 0.2) is 66.9 Å². The Morgan fingerprint density at radius 2 is 1.55 bits per heavy atom. The third kappa shape index (κ3) is 3.70. The molecule has 8 heteroatoms. The summed E-state index contributed by atoms with van der Waals surface area (Å²) >= 11 is 0. The number of hydrogen-bond donors (Lipinski definition) is 1. The van der Waals surface area contributed by atoms with Gasteiger partial charge in [-0.1, -0.05) is 63.2 Å². The molecule has 8 nitrogen and oxygen atoms in total. The predicted octanol–water partition coefficient (Wildman–Crippen LogP) is 5.43. The van der Waals surface area contributed by atoms with Crippen molar-refractivity contribution in [2.24, 2.45) is 11.3 Å². The molecule has 0 aliphatic carbocycles. The van der Waals surface area contributed by atoms with Crippen LogP contribution in [0.1, 0.15) is 53.9 Å². The maximum Gasteiger partial charge on any atom is 0.238 e. The standard InChI is InChI=1S/C34H34N2O6/c1-33(2,3)31(38)27-26(28(37)20-17-24(40-4)29(42-6)25(18-20)41-5)34(22-13-9-10-14-23(22)35-32(34)39)30-21-12-8-7-11-19(21)15-16-36(27)30/h7-18,26-27,30H,1-6H3,(H,35,39)/t26-,27+,30-,34+/m0/s1. The van der Waals surface area contributed by atoms with E-state index in [1.807, 2.05) is 86.5 Å². The summed E-state index contributed by atoms with van der Waals surface area (Å²) in [5, 5.41) is 3.07. The molecule has 216 valence electrons. The fourth-order valence-electron chi connectivity index (χ4n) is 7.01. The lowest BCUT2D eigenvalue weighted by molar-refractivity contribution is -0.131. The molecule has 6 rings (SSSR count). The van der Waals surface area contributed by atoms with Crippen LogP contribution in [0.25, 0.3) is 6.08 Å². The Morgan fingerprint density at radius 3 is 2.19 bits per heavy atom. The molecule has 1 amide bonds. The summed E-state index contributed by atoms with van der Waals surface area (Å²) in [6, 6.07) is 17.0. The third-order valence-corrected chi connectivity index (χ3v) is 8.81. The van der Waals surface area contributed by atoms with Gasteiger partial charge in [0.1, 0.15) is 5.41 Å². The van der Waals surface area contributed by atoms with Crippen molar-refractivity contribution in [2.75, 3.05) is 26.6 Å². The predicted molar refractivity (Wildman–Crippen MR) is 159 cm³/mol. The van der Waals surface area contributed by atoms with Crippen LogP contribution in [-0.4, -0.2) is 49.7 Å². The van der Waals surface area contributed by atoms with Crippen molar-refractivity contribution >= 4 is 29.2 Å². The largest absolute Gasteiger partial charge is 0.493 e. The molecule has 3 aromatic rings. The third-order valence-electron chi connectivity index (χ3n) is 8.81. The molecule has 1 saturated heterocycles. The van der Waals surface area contributed by atoms with Gasteiger partial charge < -0.3 is 24.4 Å². The van der Waals surface area contributed by atoms with E-state index < -0.39 is 28.8 Å². The average Bonchev–Trinajstić information content (AvgIpc) is 3.47. The fourth-order valence-corrected chi connectivity index (χ4v) is 7.01. The van der Waals surface area contributed by atoms with Crippen LogP contribution < -0.4 is 19.5 Å². The number of para-hydroxylation sites is 1. The Balaban J connectivity index is 1.68. The van der Waals surface area contributed by atoms with Crippen molar-refractivity contribution < 1.29 is 28.6 Å². The number of carbonyl (C=O) groups is 3. The zero-order valence-corrected chi connectivity index (χ0v) is 24.6. The van der Waals surface area contributed by atoms with Crippen LogP contribution in [0.2, 0.25) is 0 Å². The first kappa shape index (κ1) is 27.6. The average molecular weight is 567 g/mol. The second-order valence-electron chi connectivity index (χ2n) is 12.0. The number of amides is 1. The molecule has 0 bridgehead atoms. The van der Waals surface area contributed by atoms with Gasteiger partial charge in [0.2, 0.25) is 11.7 Å². The van der Waals surface area contributed by atoms with Crippen LogP contribution >= 0.6 is 0 Å². The zero-order chi connectivity index (χ0) is 30.0. The molecule has 42 heavy (non-hydrogen) atoms. The normalized spacial score (nSPS) is 23.6. The molecule has 0 radical (unpaired) electrons. The number of methoxy groups -OCH3 is 3. The number of ketones is 2. The molecule has 3 heterocycles. The van der Waals surface area contributed by atoms with Gasteiger partial charge in [0.25, 0.3) is 0 Å². The van der Waals surface area contributed by atoms with Crippen molar-refractivity contribution in [3.63, 3.8) is 0 Å². The van der Waals surface area contributed by atoms with E-state index in [1.54, 1.807) is 12.1 Å². The Hall–Kier alpha value is -4.59. The smallest absolute Gasteiger partial charge is 0.238 e. The van der Waals surface area contributed by atoms with Crippen molar-refractivity contribution in [2.45, 2.75) is 38.3 Å². The van der Waals surface area contributed by atoms with Crippen molar-refractivity contribution in [3.05, 3.63) is 89.1 Å². The van der Waals surface area contributed by atoms with Gasteiger partial charge in [0.05, 0.1) is 39.3 Å². The second-order valence-corrected chi connectivity index (χ2v) is 12.0. The SMILES string of the molecule is COc1cc(C(=O)[C@@H]2[C@H](C(=O)C(C)(C)C)N3C=Cc4ccccc4[C@H]3[C@]23C(=O)Nc2ccccc23)cc(OC)c1OC. The maximum atomic E-state index is 15.1. The lowest BCUT2D eigenvalue weighted by Crippen LogP contribution is -2.50. The minimum Gasteiger partial charge on any atom is -0.493 e. The van der Waals surface area contributed by atoms with Gasteiger partial charge in [-0.2, -0.15) is 0 Å². The lowest BCUT2D eigenvalue weighted by atomic mass is 9.62. The van der Waals surface area contributed by atoms with Gasteiger partial charge >= 0.3 is 0 Å². The number of nitrogens with one attached hydrogen (secondary N) is 1. The van der Waals surface area contributed by atoms with E-state index in [0.29, 0.717) is 28.5 Å². The van der Waals surface area contributed by atoms with Gasteiger partial charge in [-0.25, -0.2) is 0 Å². The molecule has 3 aromatic carbocycles. The van der Waals surface area contributed by atoms with E-state index >= 15 is 4.79 Å². The summed E-state index contributed by atoms with van der Waals surface area (Å²) in [4.78, 5) is 46.0. The number of benzene rings is 3. The number of hydrogen-bond acceptors (Lipinski definition) is 7. The molecular formula is C34H34N2O6. The number of Topliss-reactive ketones (excluding diaryl/α,β-unsaturated/α-hetero) is 2. The molecule has 4 atom stereocenters. The van der Waals surface area contributed by atoms with Crippen LogP contribution in [0.3, 0.4) is 0 Å². The first-order valence-corrected chi connectivity index (χ1v) is 13.9. The molecule has 3 aliphatic heterocycles. The van der Waals surface area contributed by atoms with Crippen molar-refractivity contribution in [3.8, 4) is 17.2 Å². The summed E-state index contributed by atoms with van der Waals surface area (Å²) in [7, 11) is 4.46. The molecule has 1 spiro atoms. The molecule has 1 fully saturated rings. The van der Waals surface area contributed by atoms with Gasteiger partial charge in [-0.3, -0.25) is 14.4 Å². The molecule has 3 aliphatic rings. The van der Waals surface area contributed by atoms with Crippen LogP contribution in [-0.2, 0) is 15.0 Å². The summed E-state index contributed by atoms with van der Waals surface area (Å²) < 4.78 is 16.6. The van der Waals surface area contributed by atoms with E-state index in [9.17, 15) is 9.59 Å². The highest BCUT2D eigenvalue weighted by atomic mass is 16.5. The number of nitrogens with zero attached hydrogens (tertiary/aromatic N) is 1. The maximum absolute atomic E-state index is 15.1. The molecular weight excluding hydrogens is 532 g/mol. The molecule has 0 unspecified atom stereocenters. The van der Waals surface area contributed by atoms with E-state index in [2.05, 4.69) is 5.32 Å². The van der Waals surface area contributed by atoms with Crippen LogP contribution in [0.4, 0.5) is 5.69 Å². The number of carbonyl (C=O) groups excluding carboxylic acids is 3. The van der Waals surface area contributed by atoms with E-state index in [0.717, 1.165) is 11.1 Å². The number of rotatable bonds is 6. The van der Waals surface area contributed by atoms with Gasteiger partial charge in [0, 0.05) is 22.9 Å². The quantitative estimate of drug-likeness (QED) is 0.398. The summed E-state index contributed by atoms with van der Waals surface area (Å²) in [6.45, 7) is 5.54. The highest BCUT2D eigenvalue weighted by Gasteiger charge is 2.71. The fraction of sp³-hybridized carbons (Fsp3) is 0.324. The number of ether oxygens (including phenoxy) is 3. The van der Waals surface area contributed by atoms with Crippen molar-refractivity contribution in [1.82, 2.24) is 4.90 Å². The first-order chi connectivity index (χ1) is 20.1. The number of fused-ring (bicyclic) bond motifs is 6. The Kier molecular flexibility index (Phi) is 6.40. The molecule has 0 saturated carbocycles. The Bertz CT molecular complexity index is 1630.